The molecule has 2 rings (SSSR count). The van der Waals surface area contributed by atoms with Gasteiger partial charge < -0.3 is 4.57 Å². The molecule has 0 spiro atoms. The Hall–Kier alpha value is -1.64. The predicted molar refractivity (Wildman–Crippen MR) is 62.7 cm³/mol. The summed E-state index contributed by atoms with van der Waals surface area (Å²) in [4.78, 5) is 11.6. The maximum Gasteiger partial charge on any atom is 0.162 e. The minimum absolute atomic E-state index is 0.0336. The molecule has 0 amide bonds. The van der Waals surface area contributed by atoms with E-state index in [1.807, 2.05) is 35.8 Å². The Balaban J connectivity index is 2.80. The quantitative estimate of drug-likeness (QED) is 0.727. The number of carbonyl (C=O) groups is 1. The number of aromatic nitrogens is 1. The summed E-state index contributed by atoms with van der Waals surface area (Å²) < 4.78 is 14.4. The van der Waals surface area contributed by atoms with Crippen molar-refractivity contribution in [1.29, 1.82) is 0 Å². The van der Waals surface area contributed by atoms with Gasteiger partial charge in [-0.3, -0.25) is 4.79 Å². The fourth-order valence-corrected chi connectivity index (χ4v) is 2.25. The van der Waals surface area contributed by atoms with Gasteiger partial charge in [-0.2, -0.15) is 0 Å². The number of carbonyl (C=O) groups excluding carboxylic acids is 1. The van der Waals surface area contributed by atoms with Gasteiger partial charge in [0.2, 0.25) is 0 Å². The number of alkyl halides is 1. The third kappa shape index (κ3) is 1.52. The Morgan fingerprint density at radius 3 is 2.69 bits per heavy atom. The van der Waals surface area contributed by atoms with E-state index in [-0.39, 0.29) is 5.78 Å². The molecule has 16 heavy (non-hydrogen) atoms. The molecule has 2 nitrogen and oxygen atoms in total. The van der Waals surface area contributed by atoms with Crippen molar-refractivity contribution in [3.63, 3.8) is 0 Å². The van der Waals surface area contributed by atoms with E-state index in [0.29, 0.717) is 12.1 Å². The highest BCUT2D eigenvalue weighted by Crippen LogP contribution is 2.26. The molecule has 0 radical (unpaired) electrons. The fourth-order valence-electron chi connectivity index (χ4n) is 2.25. The van der Waals surface area contributed by atoms with Crippen molar-refractivity contribution in [3.05, 3.63) is 35.5 Å². The van der Waals surface area contributed by atoms with Crippen LogP contribution in [0.5, 0.6) is 0 Å². The maximum atomic E-state index is 12.5. The van der Waals surface area contributed by atoms with Gasteiger partial charge in [0.15, 0.2) is 5.78 Å². The highest BCUT2D eigenvalue weighted by molar-refractivity contribution is 6.08. The number of fused-ring (bicyclic) bond motifs is 1. The zero-order chi connectivity index (χ0) is 11.7. The summed E-state index contributed by atoms with van der Waals surface area (Å²) in [5.41, 5.74) is 2.50. The number of rotatable bonds is 3. The molecule has 0 saturated heterocycles. The largest absolute Gasteiger partial charge is 0.342 e. The zero-order valence-electron chi connectivity index (χ0n) is 9.46. The Bertz CT molecular complexity index is 542. The van der Waals surface area contributed by atoms with Gasteiger partial charge in [-0.05, 0) is 19.9 Å². The summed E-state index contributed by atoms with van der Waals surface area (Å²) in [6, 6.07) is 7.63. The minimum atomic E-state index is -0.420. The van der Waals surface area contributed by atoms with Crippen molar-refractivity contribution in [1.82, 2.24) is 4.57 Å². The summed E-state index contributed by atoms with van der Waals surface area (Å²) in [7, 11) is 0. The molecule has 0 atom stereocenters. The first-order chi connectivity index (χ1) is 7.66. The molecule has 0 aliphatic heterocycles. The summed E-state index contributed by atoms with van der Waals surface area (Å²) in [5, 5.41) is 0.918. The number of halogens is 1. The zero-order valence-corrected chi connectivity index (χ0v) is 9.46. The van der Waals surface area contributed by atoms with Crippen LogP contribution in [-0.2, 0) is 6.54 Å². The molecule has 0 aliphatic carbocycles. The van der Waals surface area contributed by atoms with E-state index in [1.54, 1.807) is 6.92 Å². The van der Waals surface area contributed by atoms with Gasteiger partial charge >= 0.3 is 0 Å². The normalized spacial score (nSPS) is 10.9. The smallest absolute Gasteiger partial charge is 0.162 e. The lowest BCUT2D eigenvalue weighted by atomic mass is 10.1. The lowest BCUT2D eigenvalue weighted by Crippen LogP contribution is -2.03. The molecule has 1 aromatic heterocycles. The molecule has 84 valence electrons. The number of benzene rings is 1. The lowest BCUT2D eigenvalue weighted by Gasteiger charge is -2.04. The van der Waals surface area contributed by atoms with Crippen molar-refractivity contribution < 1.29 is 9.18 Å². The Morgan fingerprint density at radius 2 is 2.06 bits per heavy atom. The van der Waals surface area contributed by atoms with E-state index in [0.717, 1.165) is 16.6 Å². The number of hydrogen-bond donors (Lipinski definition) is 0. The van der Waals surface area contributed by atoms with Crippen LogP contribution in [0.15, 0.2) is 24.3 Å². The van der Waals surface area contributed by atoms with Gasteiger partial charge in [0.25, 0.3) is 0 Å². The van der Waals surface area contributed by atoms with E-state index in [9.17, 15) is 9.18 Å². The van der Waals surface area contributed by atoms with Gasteiger partial charge in [-0.15, -0.1) is 0 Å². The van der Waals surface area contributed by atoms with Gasteiger partial charge in [-0.1, -0.05) is 18.2 Å². The molecule has 0 bridgehead atoms. The van der Waals surface area contributed by atoms with Crippen LogP contribution in [0.3, 0.4) is 0 Å². The number of ketones is 1. The number of Topliss-reactive ketones (excluding diaryl/α,β-unsaturated/α-hetero) is 1. The van der Waals surface area contributed by atoms with Gasteiger partial charge in [-0.25, -0.2) is 4.39 Å². The van der Waals surface area contributed by atoms with Crippen LogP contribution in [0.25, 0.3) is 10.9 Å². The number of nitrogens with zero attached hydrogens (tertiary/aromatic N) is 1. The van der Waals surface area contributed by atoms with Crippen LogP contribution in [-0.4, -0.2) is 17.0 Å². The predicted octanol–water partition coefficient (Wildman–Crippen LogP) is 3.12. The van der Waals surface area contributed by atoms with E-state index in [2.05, 4.69) is 0 Å². The SMILES string of the molecule is CC(=O)c1c(C)n(CCF)c2ccccc12. The van der Waals surface area contributed by atoms with Crippen molar-refractivity contribution in [2.24, 2.45) is 0 Å². The van der Waals surface area contributed by atoms with Crippen LogP contribution in [0.2, 0.25) is 0 Å². The van der Waals surface area contributed by atoms with E-state index >= 15 is 0 Å². The van der Waals surface area contributed by atoms with Crippen LogP contribution < -0.4 is 0 Å². The van der Waals surface area contributed by atoms with Gasteiger partial charge in [0.1, 0.15) is 6.67 Å². The Labute approximate surface area is 93.7 Å². The molecule has 3 heteroatoms. The van der Waals surface area contributed by atoms with Crippen molar-refractivity contribution in [2.75, 3.05) is 6.67 Å². The monoisotopic (exact) mass is 219 g/mol. The molecule has 0 unspecified atom stereocenters. The molecule has 1 heterocycles. The second-order valence-corrected chi connectivity index (χ2v) is 3.87. The number of para-hydroxylation sites is 1. The average molecular weight is 219 g/mol. The molecular formula is C13H14FNO. The fraction of sp³-hybridized carbons (Fsp3) is 0.308. The number of hydrogen-bond acceptors (Lipinski definition) is 1. The highest BCUT2D eigenvalue weighted by atomic mass is 19.1. The van der Waals surface area contributed by atoms with Crippen molar-refractivity contribution in [2.45, 2.75) is 20.4 Å². The Morgan fingerprint density at radius 1 is 1.38 bits per heavy atom. The highest BCUT2D eigenvalue weighted by Gasteiger charge is 2.16. The molecule has 0 N–H and O–H groups in total. The second kappa shape index (κ2) is 4.08. The first kappa shape index (κ1) is 10.9. The van der Waals surface area contributed by atoms with Crippen LogP contribution in [0, 0.1) is 6.92 Å². The standard InChI is InChI=1S/C13H14FNO/c1-9-13(10(2)16)11-5-3-4-6-12(11)15(9)8-7-14/h3-6H,7-8H2,1-2H3. The summed E-state index contributed by atoms with van der Waals surface area (Å²) in [6.45, 7) is 3.30. The van der Waals surface area contributed by atoms with Crippen LogP contribution in [0.4, 0.5) is 4.39 Å². The molecule has 1 aromatic carbocycles. The van der Waals surface area contributed by atoms with Gasteiger partial charge in [0, 0.05) is 22.2 Å². The molecule has 0 aliphatic rings. The molecule has 2 aromatic rings. The van der Waals surface area contributed by atoms with Crippen molar-refractivity contribution >= 4 is 16.7 Å². The summed E-state index contributed by atoms with van der Waals surface area (Å²) in [5.74, 6) is 0.0336. The van der Waals surface area contributed by atoms with Crippen LogP contribution >= 0.6 is 0 Å². The van der Waals surface area contributed by atoms with Gasteiger partial charge in [0.05, 0.1) is 6.54 Å². The van der Waals surface area contributed by atoms with E-state index in [4.69, 9.17) is 0 Å². The third-order valence-electron chi connectivity index (χ3n) is 2.89. The number of aryl methyl sites for hydroxylation is 1. The average Bonchev–Trinajstić information content (AvgIpc) is 2.53. The summed E-state index contributed by atoms with van der Waals surface area (Å²) in [6.07, 6.45) is 0. The first-order valence-corrected chi connectivity index (χ1v) is 5.31. The maximum absolute atomic E-state index is 12.5. The van der Waals surface area contributed by atoms with Crippen molar-refractivity contribution in [3.8, 4) is 0 Å². The minimum Gasteiger partial charge on any atom is -0.342 e. The lowest BCUT2D eigenvalue weighted by molar-refractivity contribution is 0.101. The summed E-state index contributed by atoms with van der Waals surface area (Å²) >= 11 is 0. The first-order valence-electron chi connectivity index (χ1n) is 5.31. The topological polar surface area (TPSA) is 22.0 Å². The molecule has 0 saturated carbocycles. The third-order valence-corrected chi connectivity index (χ3v) is 2.89. The van der Waals surface area contributed by atoms with E-state index in [1.165, 1.54) is 0 Å². The van der Waals surface area contributed by atoms with Crippen LogP contribution in [0.1, 0.15) is 23.0 Å². The van der Waals surface area contributed by atoms with E-state index < -0.39 is 6.67 Å². The molecular weight excluding hydrogens is 205 g/mol. The molecule has 0 fully saturated rings. The second-order valence-electron chi connectivity index (χ2n) is 3.87. The Kier molecular flexibility index (Phi) is 2.77.